The number of ether oxygens (including phenoxy) is 1. The Morgan fingerprint density at radius 1 is 0.964 bits per heavy atom. The number of carbonyl (C=O) groups excluding carboxylic acids is 1. The first-order valence-electron chi connectivity index (χ1n) is 10.4. The molecule has 0 saturated carbocycles. The summed E-state index contributed by atoms with van der Waals surface area (Å²) in [5.74, 6) is 0.563. The number of β-lactam (4-membered cyclic amide) rings is 1. The van der Waals surface area contributed by atoms with E-state index in [0.717, 1.165) is 36.3 Å². The number of unbranched alkanes of at least 4 members (excludes halogenated alkanes) is 5. The molecule has 150 valence electrons. The molecule has 4 nitrogen and oxygen atoms in total. The van der Waals surface area contributed by atoms with E-state index >= 15 is 0 Å². The average molecular weight is 382 g/mol. The van der Waals surface area contributed by atoms with Gasteiger partial charge in [-0.05, 0) is 42.7 Å². The predicted molar refractivity (Wildman–Crippen MR) is 113 cm³/mol. The van der Waals surface area contributed by atoms with Gasteiger partial charge in [0.1, 0.15) is 5.75 Å². The van der Waals surface area contributed by atoms with Crippen LogP contribution in [0, 0.1) is 0 Å². The second-order valence-electron chi connectivity index (χ2n) is 7.63. The van der Waals surface area contributed by atoms with E-state index in [9.17, 15) is 9.90 Å². The number of aliphatic hydroxyl groups is 1. The van der Waals surface area contributed by atoms with Crippen molar-refractivity contribution in [1.82, 2.24) is 0 Å². The van der Waals surface area contributed by atoms with Gasteiger partial charge >= 0.3 is 0 Å². The number of benzene rings is 2. The van der Waals surface area contributed by atoms with Gasteiger partial charge in [0.2, 0.25) is 0 Å². The lowest BCUT2D eigenvalue weighted by Gasteiger charge is -2.53. The molecule has 1 fully saturated rings. The smallest absolute Gasteiger partial charge is 0.262 e. The summed E-state index contributed by atoms with van der Waals surface area (Å²) in [4.78, 5) is 14.7. The van der Waals surface area contributed by atoms with Crippen LogP contribution in [0.5, 0.6) is 5.75 Å². The third-order valence-corrected chi connectivity index (χ3v) is 5.68. The van der Waals surface area contributed by atoms with E-state index < -0.39 is 5.60 Å². The standard InChI is InChI=1S/C24H31NO3/c1-3-4-5-6-7-11-18-24(27)22(19-14-16-21(28-2)17-15-19)25(23(24)26)20-12-9-8-10-13-20/h8-10,12-17,22,27H,3-7,11,18H2,1-2H3/t22-,24+/m1/s1. The minimum Gasteiger partial charge on any atom is -0.497 e. The van der Waals surface area contributed by atoms with Crippen molar-refractivity contribution in [1.29, 1.82) is 0 Å². The maximum absolute atomic E-state index is 13.0. The summed E-state index contributed by atoms with van der Waals surface area (Å²) >= 11 is 0. The third-order valence-electron chi connectivity index (χ3n) is 5.68. The van der Waals surface area contributed by atoms with Gasteiger partial charge in [0.25, 0.3) is 5.91 Å². The first kappa shape index (κ1) is 20.4. The zero-order chi connectivity index (χ0) is 20.0. The van der Waals surface area contributed by atoms with Crippen LogP contribution in [-0.4, -0.2) is 23.7 Å². The molecule has 2 aromatic rings. The van der Waals surface area contributed by atoms with Crippen LogP contribution < -0.4 is 9.64 Å². The number of methoxy groups -OCH3 is 1. The normalized spacial score (nSPS) is 21.5. The summed E-state index contributed by atoms with van der Waals surface area (Å²) in [6.45, 7) is 2.20. The first-order valence-corrected chi connectivity index (χ1v) is 10.4. The third kappa shape index (κ3) is 4.07. The fourth-order valence-corrected chi connectivity index (χ4v) is 4.07. The number of carbonyl (C=O) groups is 1. The Kier molecular flexibility index (Phi) is 6.74. The zero-order valence-electron chi connectivity index (χ0n) is 16.9. The van der Waals surface area contributed by atoms with Gasteiger partial charge in [0.15, 0.2) is 5.60 Å². The molecule has 4 heteroatoms. The van der Waals surface area contributed by atoms with Crippen molar-refractivity contribution >= 4 is 11.6 Å². The van der Waals surface area contributed by atoms with Gasteiger partial charge in [-0.15, -0.1) is 0 Å². The van der Waals surface area contributed by atoms with Crippen molar-refractivity contribution in [3.05, 3.63) is 60.2 Å². The summed E-state index contributed by atoms with van der Waals surface area (Å²) in [5, 5.41) is 11.3. The first-order chi connectivity index (χ1) is 13.6. The average Bonchev–Trinajstić information content (AvgIpc) is 2.74. The highest BCUT2D eigenvalue weighted by Gasteiger charge is 2.60. The highest BCUT2D eigenvalue weighted by molar-refractivity contribution is 6.08. The summed E-state index contributed by atoms with van der Waals surface area (Å²) in [7, 11) is 1.63. The number of hydrogen-bond acceptors (Lipinski definition) is 3. The SMILES string of the molecule is CCCCCCCC[C@@]1(O)C(=O)N(c2ccccc2)[C@@H]1c1ccc(OC)cc1. The monoisotopic (exact) mass is 381 g/mol. The molecule has 0 bridgehead atoms. The van der Waals surface area contributed by atoms with Crippen molar-refractivity contribution in [2.75, 3.05) is 12.0 Å². The van der Waals surface area contributed by atoms with E-state index in [0.29, 0.717) is 6.42 Å². The fraction of sp³-hybridized carbons (Fsp3) is 0.458. The molecule has 1 N–H and O–H groups in total. The largest absolute Gasteiger partial charge is 0.497 e. The van der Waals surface area contributed by atoms with Crippen LogP contribution in [0.15, 0.2) is 54.6 Å². The van der Waals surface area contributed by atoms with Crippen molar-refractivity contribution in [3.63, 3.8) is 0 Å². The molecule has 0 aromatic heterocycles. The second kappa shape index (κ2) is 9.24. The Labute approximate surface area is 168 Å². The minimum atomic E-state index is -1.34. The molecular weight excluding hydrogens is 350 g/mol. The van der Waals surface area contributed by atoms with Crippen LogP contribution in [0.3, 0.4) is 0 Å². The number of amides is 1. The Morgan fingerprint density at radius 3 is 2.25 bits per heavy atom. The molecule has 0 spiro atoms. The second-order valence-corrected chi connectivity index (χ2v) is 7.63. The molecule has 28 heavy (non-hydrogen) atoms. The van der Waals surface area contributed by atoms with Gasteiger partial charge < -0.3 is 9.84 Å². The molecule has 1 heterocycles. The summed E-state index contributed by atoms with van der Waals surface area (Å²) < 4.78 is 5.25. The molecule has 2 aromatic carbocycles. The Morgan fingerprint density at radius 2 is 1.61 bits per heavy atom. The van der Waals surface area contributed by atoms with Crippen molar-refractivity contribution in [2.45, 2.75) is 63.5 Å². The molecule has 0 aliphatic carbocycles. The number of rotatable bonds is 10. The summed E-state index contributed by atoms with van der Waals surface area (Å²) in [6, 6.07) is 16.9. The van der Waals surface area contributed by atoms with Gasteiger partial charge in [-0.25, -0.2) is 0 Å². The molecule has 1 aliphatic rings. The van der Waals surface area contributed by atoms with Gasteiger partial charge in [0, 0.05) is 5.69 Å². The highest BCUT2D eigenvalue weighted by Crippen LogP contribution is 2.48. The zero-order valence-corrected chi connectivity index (χ0v) is 16.9. The maximum Gasteiger partial charge on any atom is 0.262 e. The van der Waals surface area contributed by atoms with E-state index in [1.54, 1.807) is 12.0 Å². The van der Waals surface area contributed by atoms with Crippen LogP contribution in [0.2, 0.25) is 0 Å². The van der Waals surface area contributed by atoms with E-state index in [4.69, 9.17) is 4.74 Å². The Hall–Kier alpha value is -2.33. The highest BCUT2D eigenvalue weighted by atomic mass is 16.5. The number of nitrogens with zero attached hydrogens (tertiary/aromatic N) is 1. The van der Waals surface area contributed by atoms with E-state index in [1.165, 1.54) is 19.3 Å². The van der Waals surface area contributed by atoms with Gasteiger partial charge in [0.05, 0.1) is 13.2 Å². The molecule has 2 atom stereocenters. The lowest BCUT2D eigenvalue weighted by atomic mass is 9.74. The van der Waals surface area contributed by atoms with Gasteiger partial charge in [-0.2, -0.15) is 0 Å². The summed E-state index contributed by atoms with van der Waals surface area (Å²) in [6.07, 6.45) is 7.26. The van der Waals surface area contributed by atoms with Crippen molar-refractivity contribution in [2.24, 2.45) is 0 Å². The van der Waals surface area contributed by atoms with E-state index in [2.05, 4.69) is 6.92 Å². The van der Waals surface area contributed by atoms with Gasteiger partial charge in [-0.3, -0.25) is 9.69 Å². The number of para-hydroxylation sites is 1. The predicted octanol–water partition coefficient (Wildman–Crippen LogP) is 5.26. The van der Waals surface area contributed by atoms with E-state index in [-0.39, 0.29) is 11.9 Å². The molecule has 0 unspecified atom stereocenters. The Bertz CT molecular complexity index is 759. The van der Waals surface area contributed by atoms with Crippen molar-refractivity contribution < 1.29 is 14.6 Å². The Balaban J connectivity index is 1.78. The molecule has 1 aliphatic heterocycles. The van der Waals surface area contributed by atoms with Crippen LogP contribution in [-0.2, 0) is 4.79 Å². The van der Waals surface area contributed by atoms with Crippen LogP contribution in [0.25, 0.3) is 0 Å². The quantitative estimate of drug-likeness (QED) is 0.451. The molecule has 1 amide bonds. The summed E-state index contributed by atoms with van der Waals surface area (Å²) in [5.41, 5.74) is 0.411. The van der Waals surface area contributed by atoms with Crippen LogP contribution in [0.1, 0.15) is 63.5 Å². The topological polar surface area (TPSA) is 49.8 Å². The molecule has 3 rings (SSSR count). The molecule has 1 saturated heterocycles. The fourth-order valence-electron chi connectivity index (χ4n) is 4.07. The van der Waals surface area contributed by atoms with Crippen LogP contribution >= 0.6 is 0 Å². The lowest BCUT2D eigenvalue weighted by Crippen LogP contribution is -2.68. The lowest BCUT2D eigenvalue weighted by molar-refractivity contribution is -0.155. The minimum absolute atomic E-state index is 0.201. The number of anilines is 1. The van der Waals surface area contributed by atoms with Gasteiger partial charge in [-0.1, -0.05) is 69.4 Å². The molecular formula is C24H31NO3. The maximum atomic E-state index is 13.0. The number of hydrogen-bond donors (Lipinski definition) is 1. The van der Waals surface area contributed by atoms with Crippen molar-refractivity contribution in [3.8, 4) is 5.75 Å². The van der Waals surface area contributed by atoms with Crippen LogP contribution in [0.4, 0.5) is 5.69 Å². The molecule has 0 radical (unpaired) electrons. The van der Waals surface area contributed by atoms with E-state index in [1.807, 2.05) is 54.6 Å².